The number of methoxy groups -OCH3 is 1. The van der Waals surface area contributed by atoms with Crippen LogP contribution in [-0.4, -0.2) is 57.7 Å². The van der Waals surface area contributed by atoms with Crippen molar-refractivity contribution in [3.63, 3.8) is 0 Å². The quantitative estimate of drug-likeness (QED) is 0.796. The zero-order valence-electron chi connectivity index (χ0n) is 16.1. The molecule has 0 amide bonds. The Labute approximate surface area is 165 Å². The van der Waals surface area contributed by atoms with Gasteiger partial charge in [0.1, 0.15) is 5.75 Å². The van der Waals surface area contributed by atoms with Crippen molar-refractivity contribution in [3.05, 3.63) is 42.0 Å². The highest BCUT2D eigenvalue weighted by atomic mass is 16.7. The molecule has 2 aromatic carbocycles. The van der Waals surface area contributed by atoms with Crippen LogP contribution in [0, 0.1) is 0 Å². The van der Waals surface area contributed by atoms with Crippen LogP contribution in [0.5, 0.6) is 17.2 Å². The maximum Gasteiger partial charge on any atom is 0.231 e. The predicted molar refractivity (Wildman–Crippen MR) is 110 cm³/mol. The number of fused-ring (bicyclic) bond motifs is 2. The molecular weight excluding hydrogens is 354 g/mol. The summed E-state index contributed by atoms with van der Waals surface area (Å²) in [4.78, 5) is 9.56. The zero-order chi connectivity index (χ0) is 18.9. The second-order valence-corrected chi connectivity index (χ2v) is 7.44. The molecule has 1 fully saturated rings. The van der Waals surface area contributed by atoms with Crippen molar-refractivity contribution in [3.8, 4) is 17.2 Å². The van der Waals surface area contributed by atoms with Gasteiger partial charge in [0.15, 0.2) is 11.5 Å². The van der Waals surface area contributed by atoms with Crippen LogP contribution in [0.2, 0.25) is 0 Å². The van der Waals surface area contributed by atoms with Gasteiger partial charge in [0.05, 0.1) is 18.5 Å². The van der Waals surface area contributed by atoms with Crippen molar-refractivity contribution < 1.29 is 14.2 Å². The van der Waals surface area contributed by atoms with Crippen molar-refractivity contribution in [2.75, 3.05) is 51.5 Å². The second-order valence-electron chi connectivity index (χ2n) is 7.44. The lowest BCUT2D eigenvalue weighted by Crippen LogP contribution is -2.46. The van der Waals surface area contributed by atoms with Crippen LogP contribution in [0.1, 0.15) is 17.9 Å². The fraction of sp³-hybridized carbons (Fsp3) is 0.409. The van der Waals surface area contributed by atoms with Crippen molar-refractivity contribution in [1.29, 1.82) is 0 Å². The molecule has 0 aliphatic carbocycles. The summed E-state index contributed by atoms with van der Waals surface area (Å²) in [6.45, 7) is 5.56. The first-order valence-corrected chi connectivity index (χ1v) is 9.90. The highest BCUT2D eigenvalue weighted by Gasteiger charge is 2.26. The molecule has 146 valence electrons. The molecule has 1 unspecified atom stereocenters. The monoisotopic (exact) mass is 379 g/mol. The molecule has 3 aliphatic heterocycles. The Hall–Kier alpha value is -2.73. The number of anilines is 1. The molecule has 5 rings (SSSR count). The van der Waals surface area contributed by atoms with Crippen LogP contribution in [0.15, 0.2) is 41.4 Å². The number of hydrogen-bond acceptors (Lipinski definition) is 6. The molecule has 6 nitrogen and oxygen atoms in total. The largest absolute Gasteiger partial charge is 0.495 e. The van der Waals surface area contributed by atoms with Gasteiger partial charge in [0, 0.05) is 44.4 Å². The van der Waals surface area contributed by atoms with Gasteiger partial charge in [-0.15, -0.1) is 0 Å². The smallest absolute Gasteiger partial charge is 0.231 e. The first-order chi connectivity index (χ1) is 13.8. The molecule has 1 saturated heterocycles. The van der Waals surface area contributed by atoms with E-state index in [2.05, 4.69) is 39.2 Å². The van der Waals surface area contributed by atoms with Gasteiger partial charge in [-0.2, -0.15) is 0 Å². The molecule has 0 N–H and O–H groups in total. The van der Waals surface area contributed by atoms with Crippen molar-refractivity contribution in [2.24, 2.45) is 4.99 Å². The minimum Gasteiger partial charge on any atom is -0.495 e. The average Bonchev–Trinajstić information content (AvgIpc) is 3.37. The Morgan fingerprint density at radius 1 is 1.07 bits per heavy atom. The summed E-state index contributed by atoms with van der Waals surface area (Å²) < 4.78 is 16.5. The number of rotatable bonds is 5. The highest BCUT2D eigenvalue weighted by molar-refractivity contribution is 5.82. The molecule has 6 heteroatoms. The molecule has 0 bridgehead atoms. The van der Waals surface area contributed by atoms with Crippen LogP contribution in [-0.2, 0) is 0 Å². The van der Waals surface area contributed by atoms with E-state index in [4.69, 9.17) is 14.2 Å². The minimum absolute atomic E-state index is 0.309. The maximum atomic E-state index is 5.54. The summed E-state index contributed by atoms with van der Waals surface area (Å²) in [6, 6.07) is 12.4. The molecule has 0 saturated carbocycles. The van der Waals surface area contributed by atoms with Gasteiger partial charge in [-0.25, -0.2) is 0 Å². The lowest BCUT2D eigenvalue weighted by Gasteiger charge is -2.36. The molecule has 3 heterocycles. The Morgan fingerprint density at radius 3 is 2.68 bits per heavy atom. The summed E-state index contributed by atoms with van der Waals surface area (Å²) in [5.74, 6) is 2.97. The summed E-state index contributed by atoms with van der Waals surface area (Å²) >= 11 is 0. The fourth-order valence-electron chi connectivity index (χ4n) is 4.26. The first kappa shape index (κ1) is 17.4. The lowest BCUT2D eigenvalue weighted by molar-refractivity contribution is 0.174. The van der Waals surface area contributed by atoms with Crippen molar-refractivity contribution in [1.82, 2.24) is 4.90 Å². The van der Waals surface area contributed by atoms with Crippen molar-refractivity contribution >= 4 is 17.6 Å². The van der Waals surface area contributed by atoms with Crippen LogP contribution in [0.3, 0.4) is 0 Å². The molecule has 0 aromatic heterocycles. The van der Waals surface area contributed by atoms with E-state index in [0.717, 1.165) is 62.1 Å². The van der Waals surface area contributed by atoms with E-state index in [9.17, 15) is 0 Å². The summed E-state index contributed by atoms with van der Waals surface area (Å²) in [5.41, 5.74) is 3.48. The SMILES string of the molecule is COc1ccccc1N1CCN(CCC2C=Nc3cc4c(cc32)OCO4)CC1. The predicted octanol–water partition coefficient (Wildman–Crippen LogP) is 3.44. The molecule has 0 spiro atoms. The van der Waals surface area contributed by atoms with Crippen LogP contribution in [0.25, 0.3) is 0 Å². The Balaban J connectivity index is 1.17. The number of hydrogen-bond donors (Lipinski definition) is 0. The normalized spacial score (nSPS) is 20.5. The Kier molecular flexibility index (Phi) is 4.56. The third-order valence-corrected chi connectivity index (χ3v) is 5.87. The van der Waals surface area contributed by atoms with E-state index in [1.54, 1.807) is 7.11 Å². The van der Waals surface area contributed by atoms with E-state index < -0.39 is 0 Å². The van der Waals surface area contributed by atoms with E-state index in [1.807, 2.05) is 18.2 Å². The topological polar surface area (TPSA) is 46.5 Å². The van der Waals surface area contributed by atoms with Gasteiger partial charge < -0.3 is 19.1 Å². The first-order valence-electron chi connectivity index (χ1n) is 9.90. The molecule has 0 radical (unpaired) electrons. The molecule has 1 atom stereocenters. The zero-order valence-corrected chi connectivity index (χ0v) is 16.1. The van der Waals surface area contributed by atoms with E-state index in [0.29, 0.717) is 12.7 Å². The Bertz CT molecular complexity index is 891. The van der Waals surface area contributed by atoms with Crippen LogP contribution >= 0.6 is 0 Å². The van der Waals surface area contributed by atoms with Gasteiger partial charge >= 0.3 is 0 Å². The summed E-state index contributed by atoms with van der Waals surface area (Å²) in [6.07, 6.45) is 3.15. The minimum atomic E-state index is 0.309. The van der Waals surface area contributed by atoms with E-state index in [-0.39, 0.29) is 0 Å². The van der Waals surface area contributed by atoms with Gasteiger partial charge in [-0.3, -0.25) is 9.89 Å². The van der Waals surface area contributed by atoms with E-state index in [1.165, 1.54) is 11.3 Å². The van der Waals surface area contributed by atoms with Gasteiger partial charge in [0.25, 0.3) is 0 Å². The highest BCUT2D eigenvalue weighted by Crippen LogP contribution is 2.44. The van der Waals surface area contributed by atoms with Crippen molar-refractivity contribution in [2.45, 2.75) is 12.3 Å². The third-order valence-electron chi connectivity index (χ3n) is 5.87. The average molecular weight is 379 g/mol. The lowest BCUT2D eigenvalue weighted by atomic mass is 9.97. The summed E-state index contributed by atoms with van der Waals surface area (Å²) in [7, 11) is 1.74. The fourth-order valence-corrected chi connectivity index (χ4v) is 4.26. The van der Waals surface area contributed by atoms with Crippen LogP contribution in [0.4, 0.5) is 11.4 Å². The molecular formula is C22H25N3O3. The number of ether oxygens (including phenoxy) is 3. The molecule has 28 heavy (non-hydrogen) atoms. The Morgan fingerprint density at radius 2 is 1.86 bits per heavy atom. The third kappa shape index (κ3) is 3.18. The number of benzene rings is 2. The van der Waals surface area contributed by atoms with Crippen LogP contribution < -0.4 is 19.1 Å². The van der Waals surface area contributed by atoms with Gasteiger partial charge in [-0.1, -0.05) is 12.1 Å². The van der Waals surface area contributed by atoms with Gasteiger partial charge in [0.2, 0.25) is 6.79 Å². The molecule has 3 aliphatic rings. The molecule has 2 aromatic rings. The maximum absolute atomic E-state index is 5.54. The number of nitrogens with zero attached hydrogens (tertiary/aromatic N) is 3. The summed E-state index contributed by atoms with van der Waals surface area (Å²) in [5, 5.41) is 0. The van der Waals surface area contributed by atoms with Gasteiger partial charge in [-0.05, 0) is 36.7 Å². The number of aliphatic imine (C=N–C) groups is 1. The standard InChI is InChI=1S/C22H25N3O3/c1-26-20-5-3-2-4-19(20)25-10-8-24(9-11-25)7-6-16-14-23-18-13-22-21(12-17(16)18)27-15-28-22/h2-5,12-14,16H,6-11,15H2,1H3. The second kappa shape index (κ2) is 7.36. The van der Waals surface area contributed by atoms with E-state index >= 15 is 0 Å². The number of piperazine rings is 1. The number of para-hydroxylation sites is 2.